The second-order valence-electron chi connectivity index (χ2n) is 7.09. The standard InChI is InChI=1S/C15H31NO2/c1-15(2,3)14(18)10-13(17)12(16)9-11-7-5-4-6-8-11/h11-14,17-18H,4-10,16H2,1-3H3/t12-,13?,14?/m0/s1. The highest BCUT2D eigenvalue weighted by Crippen LogP contribution is 2.29. The predicted molar refractivity (Wildman–Crippen MR) is 75.3 cm³/mol. The minimum atomic E-state index is -0.582. The summed E-state index contributed by atoms with van der Waals surface area (Å²) in [5, 5.41) is 20.1. The van der Waals surface area contributed by atoms with Gasteiger partial charge in [0, 0.05) is 12.5 Å². The van der Waals surface area contributed by atoms with E-state index in [1.807, 2.05) is 20.8 Å². The van der Waals surface area contributed by atoms with Crippen molar-refractivity contribution in [3.63, 3.8) is 0 Å². The van der Waals surface area contributed by atoms with E-state index < -0.39 is 12.2 Å². The first-order chi connectivity index (χ1) is 8.30. The average molecular weight is 257 g/mol. The number of aliphatic hydroxyl groups is 2. The maximum absolute atomic E-state index is 10.1. The van der Waals surface area contributed by atoms with Crippen molar-refractivity contribution in [3.05, 3.63) is 0 Å². The largest absolute Gasteiger partial charge is 0.392 e. The summed E-state index contributed by atoms with van der Waals surface area (Å²) in [4.78, 5) is 0. The van der Waals surface area contributed by atoms with E-state index in [0.717, 1.165) is 6.42 Å². The van der Waals surface area contributed by atoms with Crippen molar-refractivity contribution < 1.29 is 10.2 Å². The molecule has 1 rings (SSSR count). The van der Waals surface area contributed by atoms with Gasteiger partial charge in [0.2, 0.25) is 0 Å². The van der Waals surface area contributed by atoms with Gasteiger partial charge in [-0.3, -0.25) is 0 Å². The fourth-order valence-corrected chi connectivity index (χ4v) is 2.72. The minimum Gasteiger partial charge on any atom is -0.392 e. The van der Waals surface area contributed by atoms with Crippen LogP contribution in [0.25, 0.3) is 0 Å². The SMILES string of the molecule is CC(C)(C)C(O)CC(O)[C@@H](N)CC1CCCCC1. The van der Waals surface area contributed by atoms with Gasteiger partial charge in [-0.1, -0.05) is 52.9 Å². The van der Waals surface area contributed by atoms with Crippen LogP contribution in [0.5, 0.6) is 0 Å². The van der Waals surface area contributed by atoms with Crippen molar-refractivity contribution in [3.8, 4) is 0 Å². The molecule has 2 unspecified atom stereocenters. The van der Waals surface area contributed by atoms with Crippen LogP contribution in [-0.4, -0.2) is 28.5 Å². The Balaban J connectivity index is 2.33. The molecule has 3 atom stereocenters. The van der Waals surface area contributed by atoms with E-state index in [9.17, 15) is 10.2 Å². The van der Waals surface area contributed by atoms with Gasteiger partial charge in [0.15, 0.2) is 0 Å². The van der Waals surface area contributed by atoms with Crippen molar-refractivity contribution in [1.29, 1.82) is 0 Å². The number of hydrogen-bond acceptors (Lipinski definition) is 3. The number of hydrogen-bond donors (Lipinski definition) is 3. The molecule has 1 aliphatic carbocycles. The fourth-order valence-electron chi connectivity index (χ4n) is 2.72. The van der Waals surface area contributed by atoms with Crippen LogP contribution in [0, 0.1) is 11.3 Å². The molecule has 0 aromatic carbocycles. The van der Waals surface area contributed by atoms with Crippen LogP contribution in [0.3, 0.4) is 0 Å². The Labute approximate surface area is 112 Å². The first kappa shape index (κ1) is 15.9. The number of aliphatic hydroxyl groups excluding tert-OH is 2. The van der Waals surface area contributed by atoms with Crippen molar-refractivity contribution in [2.24, 2.45) is 17.1 Å². The highest BCUT2D eigenvalue weighted by Gasteiger charge is 2.28. The highest BCUT2D eigenvalue weighted by atomic mass is 16.3. The van der Waals surface area contributed by atoms with Crippen molar-refractivity contribution in [2.45, 2.75) is 84.0 Å². The zero-order valence-electron chi connectivity index (χ0n) is 12.2. The van der Waals surface area contributed by atoms with Gasteiger partial charge < -0.3 is 15.9 Å². The first-order valence-corrected chi connectivity index (χ1v) is 7.42. The Morgan fingerprint density at radius 1 is 1.11 bits per heavy atom. The average Bonchev–Trinajstić information content (AvgIpc) is 2.28. The number of rotatable bonds is 5. The normalized spacial score (nSPS) is 23.7. The summed E-state index contributed by atoms with van der Waals surface area (Å²) in [6.07, 6.45) is 6.67. The van der Waals surface area contributed by atoms with Crippen LogP contribution < -0.4 is 5.73 Å². The molecule has 1 fully saturated rings. The van der Waals surface area contributed by atoms with Crippen molar-refractivity contribution in [2.75, 3.05) is 0 Å². The third-order valence-corrected chi connectivity index (χ3v) is 4.29. The molecule has 108 valence electrons. The maximum atomic E-state index is 10.1. The lowest BCUT2D eigenvalue weighted by Crippen LogP contribution is -2.41. The molecule has 3 nitrogen and oxygen atoms in total. The van der Waals surface area contributed by atoms with Gasteiger partial charge >= 0.3 is 0 Å². The Kier molecular flexibility index (Phi) is 6.09. The molecule has 1 aliphatic rings. The molecule has 18 heavy (non-hydrogen) atoms. The van der Waals surface area contributed by atoms with E-state index in [1.165, 1.54) is 32.1 Å². The summed E-state index contributed by atoms with van der Waals surface area (Å²) in [7, 11) is 0. The first-order valence-electron chi connectivity index (χ1n) is 7.42. The minimum absolute atomic E-state index is 0.189. The van der Waals surface area contributed by atoms with E-state index in [-0.39, 0.29) is 11.5 Å². The molecule has 0 saturated heterocycles. The van der Waals surface area contributed by atoms with Gasteiger partial charge in [0.25, 0.3) is 0 Å². The van der Waals surface area contributed by atoms with Gasteiger partial charge in [0.05, 0.1) is 12.2 Å². The Hall–Kier alpha value is -0.120. The molecule has 0 spiro atoms. The quantitative estimate of drug-likeness (QED) is 0.708. The molecule has 4 N–H and O–H groups in total. The summed E-state index contributed by atoms with van der Waals surface area (Å²) >= 11 is 0. The van der Waals surface area contributed by atoms with E-state index in [1.54, 1.807) is 0 Å². The number of nitrogens with two attached hydrogens (primary N) is 1. The van der Waals surface area contributed by atoms with Crippen LogP contribution in [-0.2, 0) is 0 Å². The molecule has 0 aliphatic heterocycles. The van der Waals surface area contributed by atoms with Gasteiger partial charge in [-0.2, -0.15) is 0 Å². The van der Waals surface area contributed by atoms with Crippen molar-refractivity contribution in [1.82, 2.24) is 0 Å². The van der Waals surface area contributed by atoms with Crippen LogP contribution in [0.1, 0.15) is 65.7 Å². The lowest BCUT2D eigenvalue weighted by Gasteiger charge is -2.31. The molecule has 0 aromatic rings. The molecule has 0 radical (unpaired) electrons. The Morgan fingerprint density at radius 3 is 2.17 bits per heavy atom. The zero-order valence-corrected chi connectivity index (χ0v) is 12.2. The molecule has 0 bridgehead atoms. The molecular weight excluding hydrogens is 226 g/mol. The van der Waals surface area contributed by atoms with E-state index >= 15 is 0 Å². The molecule has 3 heteroatoms. The van der Waals surface area contributed by atoms with Gasteiger partial charge in [-0.15, -0.1) is 0 Å². The lowest BCUT2D eigenvalue weighted by molar-refractivity contribution is 0.00305. The highest BCUT2D eigenvalue weighted by molar-refractivity contribution is 4.82. The summed E-state index contributed by atoms with van der Waals surface area (Å²) in [5.74, 6) is 0.676. The summed E-state index contributed by atoms with van der Waals surface area (Å²) in [6, 6.07) is -0.190. The second kappa shape index (κ2) is 6.88. The second-order valence-corrected chi connectivity index (χ2v) is 7.09. The summed E-state index contributed by atoms with van der Waals surface area (Å²) in [5.41, 5.74) is 5.89. The van der Waals surface area contributed by atoms with E-state index in [2.05, 4.69) is 0 Å². The van der Waals surface area contributed by atoms with Crippen molar-refractivity contribution >= 4 is 0 Å². The topological polar surface area (TPSA) is 66.5 Å². The molecule has 0 amide bonds. The maximum Gasteiger partial charge on any atom is 0.0716 e. The lowest BCUT2D eigenvalue weighted by atomic mass is 9.81. The molecule has 0 heterocycles. The third-order valence-electron chi connectivity index (χ3n) is 4.29. The van der Waals surface area contributed by atoms with E-state index in [0.29, 0.717) is 12.3 Å². The molecule has 1 saturated carbocycles. The fraction of sp³-hybridized carbons (Fsp3) is 1.00. The van der Waals surface area contributed by atoms with Crippen LogP contribution in [0.15, 0.2) is 0 Å². The molecule has 0 aromatic heterocycles. The van der Waals surface area contributed by atoms with E-state index in [4.69, 9.17) is 5.73 Å². The van der Waals surface area contributed by atoms with Crippen LogP contribution in [0.2, 0.25) is 0 Å². The molecular formula is C15H31NO2. The third kappa shape index (κ3) is 5.25. The van der Waals surface area contributed by atoms with Crippen LogP contribution in [0.4, 0.5) is 0 Å². The Bertz CT molecular complexity index is 231. The summed E-state index contributed by atoms with van der Waals surface area (Å²) in [6.45, 7) is 5.95. The zero-order chi connectivity index (χ0) is 13.8. The van der Waals surface area contributed by atoms with Crippen LogP contribution >= 0.6 is 0 Å². The smallest absolute Gasteiger partial charge is 0.0716 e. The van der Waals surface area contributed by atoms with Gasteiger partial charge in [-0.05, 0) is 17.8 Å². The van der Waals surface area contributed by atoms with Gasteiger partial charge in [0.1, 0.15) is 0 Å². The van der Waals surface area contributed by atoms with Gasteiger partial charge in [-0.25, -0.2) is 0 Å². The Morgan fingerprint density at radius 2 is 1.67 bits per heavy atom. The predicted octanol–water partition coefficient (Wildman–Crippen LogP) is 2.44. The monoisotopic (exact) mass is 257 g/mol. The summed E-state index contributed by atoms with van der Waals surface area (Å²) < 4.78 is 0.